The number of aromatic nitrogens is 4. The van der Waals surface area contributed by atoms with Gasteiger partial charge in [0.1, 0.15) is 5.75 Å². The Morgan fingerprint density at radius 1 is 1.19 bits per heavy atom. The van der Waals surface area contributed by atoms with Crippen molar-refractivity contribution in [1.29, 1.82) is 0 Å². The normalized spacial score (nSPS) is 14.0. The smallest absolute Gasteiger partial charge is 0.304 e. The summed E-state index contributed by atoms with van der Waals surface area (Å²) in [7, 11) is 0. The van der Waals surface area contributed by atoms with Crippen LogP contribution in [0.15, 0.2) is 35.1 Å². The molecular formula is C19H20N6O2. The molecule has 8 heteroatoms. The summed E-state index contributed by atoms with van der Waals surface area (Å²) in [6.07, 6.45) is 0. The average molecular weight is 364 g/mol. The summed E-state index contributed by atoms with van der Waals surface area (Å²) in [5.41, 5.74) is 0.473. The molecule has 0 unspecified atom stereocenters. The highest BCUT2D eigenvalue weighted by Crippen LogP contribution is 2.22. The number of nitrogens with one attached hydrogen (secondary N) is 2. The molecule has 138 valence electrons. The van der Waals surface area contributed by atoms with E-state index in [0.29, 0.717) is 29.4 Å². The van der Waals surface area contributed by atoms with E-state index < -0.39 is 0 Å². The molecule has 0 amide bonds. The van der Waals surface area contributed by atoms with E-state index in [-0.39, 0.29) is 11.6 Å². The molecule has 4 rings (SSSR count). The fraction of sp³-hybridized carbons (Fsp3) is 0.316. The summed E-state index contributed by atoms with van der Waals surface area (Å²) in [4.78, 5) is 26.7. The average Bonchev–Trinajstić information content (AvgIpc) is 3.07. The Kier molecular flexibility index (Phi) is 4.77. The minimum atomic E-state index is -0.294. The summed E-state index contributed by atoms with van der Waals surface area (Å²) < 4.78 is 7.50. The first-order valence-corrected chi connectivity index (χ1v) is 8.85. The number of imidazole rings is 1. The molecule has 2 aromatic heterocycles. The number of benzene rings is 1. The Balaban J connectivity index is 1.79. The number of nitrogens with zero attached hydrogens (tertiary/aromatic N) is 4. The quantitative estimate of drug-likeness (QED) is 0.680. The van der Waals surface area contributed by atoms with Crippen LogP contribution in [-0.2, 0) is 6.54 Å². The van der Waals surface area contributed by atoms with E-state index in [2.05, 4.69) is 37.0 Å². The van der Waals surface area contributed by atoms with Crippen molar-refractivity contribution in [2.75, 3.05) is 31.1 Å². The van der Waals surface area contributed by atoms with E-state index in [1.165, 1.54) is 0 Å². The largest absolute Gasteiger partial charge is 0.426 e. The van der Waals surface area contributed by atoms with Crippen molar-refractivity contribution < 1.29 is 4.74 Å². The van der Waals surface area contributed by atoms with Gasteiger partial charge in [0.15, 0.2) is 11.2 Å². The number of rotatable bonds is 4. The lowest BCUT2D eigenvalue weighted by Crippen LogP contribution is -2.44. The van der Waals surface area contributed by atoms with Gasteiger partial charge in [-0.3, -0.25) is 14.3 Å². The lowest BCUT2D eigenvalue weighted by atomic mass is 10.3. The molecule has 0 bridgehead atoms. The highest BCUT2D eigenvalue weighted by atomic mass is 16.5. The molecule has 0 radical (unpaired) electrons. The molecule has 3 heterocycles. The molecule has 0 aliphatic carbocycles. The van der Waals surface area contributed by atoms with Crippen LogP contribution in [0, 0.1) is 11.8 Å². The van der Waals surface area contributed by atoms with Crippen molar-refractivity contribution in [3.63, 3.8) is 0 Å². The number of anilines is 1. The predicted octanol–water partition coefficient (Wildman–Crippen LogP) is 1.34. The third-order valence-electron chi connectivity index (χ3n) is 4.34. The predicted molar refractivity (Wildman–Crippen MR) is 103 cm³/mol. The van der Waals surface area contributed by atoms with Crippen LogP contribution in [0.25, 0.3) is 11.2 Å². The SMILES string of the molecule is CC#CCn1c(N2CCNCC2)nc2nc(Oc3ccccc3)[nH]c(=O)c21. The number of hydrogen-bond donors (Lipinski definition) is 2. The van der Waals surface area contributed by atoms with Crippen molar-refractivity contribution >= 4 is 17.1 Å². The molecule has 27 heavy (non-hydrogen) atoms. The van der Waals surface area contributed by atoms with Gasteiger partial charge in [0.05, 0.1) is 6.54 Å². The minimum Gasteiger partial charge on any atom is -0.426 e. The molecule has 8 nitrogen and oxygen atoms in total. The second kappa shape index (κ2) is 7.51. The fourth-order valence-corrected chi connectivity index (χ4v) is 3.07. The third-order valence-corrected chi connectivity index (χ3v) is 4.34. The highest BCUT2D eigenvalue weighted by Gasteiger charge is 2.22. The molecule has 0 spiro atoms. The van der Waals surface area contributed by atoms with Gasteiger partial charge in [0, 0.05) is 26.2 Å². The van der Waals surface area contributed by atoms with Crippen LogP contribution in [0.5, 0.6) is 11.8 Å². The van der Waals surface area contributed by atoms with Crippen LogP contribution >= 0.6 is 0 Å². The third kappa shape index (κ3) is 3.50. The summed E-state index contributed by atoms with van der Waals surface area (Å²) in [5, 5.41) is 3.32. The van der Waals surface area contributed by atoms with E-state index in [0.717, 1.165) is 26.2 Å². The zero-order valence-electron chi connectivity index (χ0n) is 15.0. The van der Waals surface area contributed by atoms with Gasteiger partial charge in [-0.25, -0.2) is 0 Å². The molecule has 1 saturated heterocycles. The van der Waals surface area contributed by atoms with Crippen molar-refractivity contribution in [3.05, 3.63) is 40.7 Å². The summed E-state index contributed by atoms with van der Waals surface area (Å²) in [6.45, 7) is 5.53. The van der Waals surface area contributed by atoms with Crippen LogP contribution in [0.4, 0.5) is 5.95 Å². The number of hydrogen-bond acceptors (Lipinski definition) is 6. The first kappa shape index (κ1) is 17.1. The van der Waals surface area contributed by atoms with E-state index in [1.54, 1.807) is 19.1 Å². The zero-order valence-corrected chi connectivity index (χ0v) is 15.0. The first-order valence-electron chi connectivity index (χ1n) is 8.85. The summed E-state index contributed by atoms with van der Waals surface area (Å²) >= 11 is 0. The Bertz CT molecular complexity index is 1050. The lowest BCUT2D eigenvalue weighted by molar-refractivity contribution is 0.442. The minimum absolute atomic E-state index is 0.122. The van der Waals surface area contributed by atoms with Gasteiger partial charge >= 0.3 is 6.01 Å². The molecular weight excluding hydrogens is 344 g/mol. The molecule has 0 atom stereocenters. The summed E-state index contributed by atoms with van der Waals surface area (Å²) in [6, 6.07) is 9.32. The van der Waals surface area contributed by atoms with Gasteiger partial charge in [-0.1, -0.05) is 24.1 Å². The highest BCUT2D eigenvalue weighted by molar-refractivity contribution is 5.74. The van der Waals surface area contributed by atoms with Gasteiger partial charge in [0.25, 0.3) is 5.56 Å². The molecule has 1 aliphatic rings. The number of H-pyrrole nitrogens is 1. The second-order valence-electron chi connectivity index (χ2n) is 6.12. The van der Waals surface area contributed by atoms with Crippen LogP contribution in [0.2, 0.25) is 0 Å². The van der Waals surface area contributed by atoms with Gasteiger partial charge in [0.2, 0.25) is 5.95 Å². The van der Waals surface area contributed by atoms with Crippen molar-refractivity contribution in [1.82, 2.24) is 24.8 Å². The van der Waals surface area contributed by atoms with Crippen molar-refractivity contribution in [2.24, 2.45) is 0 Å². The Hall–Kier alpha value is -3.31. The maximum absolute atomic E-state index is 12.8. The molecule has 3 aromatic rings. The van der Waals surface area contributed by atoms with E-state index in [9.17, 15) is 4.79 Å². The van der Waals surface area contributed by atoms with E-state index in [4.69, 9.17) is 4.74 Å². The van der Waals surface area contributed by atoms with Crippen molar-refractivity contribution in [2.45, 2.75) is 13.5 Å². The van der Waals surface area contributed by atoms with Crippen molar-refractivity contribution in [3.8, 4) is 23.6 Å². The molecule has 1 aliphatic heterocycles. The number of ether oxygens (including phenoxy) is 1. The molecule has 2 N–H and O–H groups in total. The monoisotopic (exact) mass is 364 g/mol. The van der Waals surface area contributed by atoms with Crippen LogP contribution < -0.4 is 20.5 Å². The zero-order chi connectivity index (χ0) is 18.6. The Labute approximate surface area is 156 Å². The number of para-hydroxylation sites is 1. The topological polar surface area (TPSA) is 88.1 Å². The van der Waals surface area contributed by atoms with Gasteiger partial charge in [-0.15, -0.1) is 5.92 Å². The maximum Gasteiger partial charge on any atom is 0.304 e. The maximum atomic E-state index is 12.8. The molecule has 1 aromatic carbocycles. The van der Waals surface area contributed by atoms with Gasteiger partial charge in [-0.05, 0) is 19.1 Å². The number of fused-ring (bicyclic) bond motifs is 1. The summed E-state index contributed by atoms with van der Waals surface area (Å²) in [5.74, 6) is 7.21. The standard InChI is InChI=1S/C19H20N6O2/c1-2-3-11-25-15-16(22-19(25)24-12-9-20-10-13-24)21-18(23-17(15)26)27-14-7-5-4-6-8-14/h4-8,20H,9-13H2,1H3,(H,21,23,26). The second-order valence-corrected chi connectivity index (χ2v) is 6.12. The Morgan fingerprint density at radius 2 is 1.96 bits per heavy atom. The Morgan fingerprint density at radius 3 is 2.70 bits per heavy atom. The van der Waals surface area contributed by atoms with Crippen LogP contribution in [0.1, 0.15) is 6.92 Å². The molecule has 0 saturated carbocycles. The number of aromatic amines is 1. The van der Waals surface area contributed by atoms with Crippen LogP contribution in [-0.4, -0.2) is 45.7 Å². The lowest BCUT2D eigenvalue weighted by Gasteiger charge is -2.28. The van der Waals surface area contributed by atoms with Gasteiger partial charge < -0.3 is 15.0 Å². The first-order chi connectivity index (χ1) is 13.3. The number of piperazine rings is 1. The van der Waals surface area contributed by atoms with E-state index in [1.807, 2.05) is 22.8 Å². The fourth-order valence-electron chi connectivity index (χ4n) is 3.07. The van der Waals surface area contributed by atoms with E-state index >= 15 is 0 Å². The van der Waals surface area contributed by atoms with Gasteiger partial charge in [-0.2, -0.15) is 9.97 Å². The van der Waals surface area contributed by atoms with Crippen LogP contribution in [0.3, 0.4) is 0 Å². The molecule has 1 fully saturated rings.